The van der Waals surface area contributed by atoms with Crippen LogP contribution in [0.3, 0.4) is 0 Å². The number of ether oxygens (including phenoxy) is 1. The maximum absolute atomic E-state index is 10.3. The highest BCUT2D eigenvalue weighted by atomic mass is 16.5. The van der Waals surface area contributed by atoms with E-state index in [0.717, 1.165) is 19.5 Å². The predicted octanol–water partition coefficient (Wildman–Crippen LogP) is 0.212. The van der Waals surface area contributed by atoms with Crippen molar-refractivity contribution in [3.8, 4) is 0 Å². The molecule has 0 saturated carbocycles. The molecule has 16 heavy (non-hydrogen) atoms. The zero-order chi connectivity index (χ0) is 11.4. The molecule has 0 amide bonds. The molecule has 0 aromatic rings. The van der Waals surface area contributed by atoms with Gasteiger partial charge < -0.3 is 20.1 Å². The fourth-order valence-corrected chi connectivity index (χ4v) is 2.55. The Hall–Kier alpha value is -0.160. The molecule has 4 nitrogen and oxygen atoms in total. The van der Waals surface area contributed by atoms with Crippen LogP contribution in [-0.2, 0) is 4.74 Å². The first-order valence-corrected chi connectivity index (χ1v) is 6.48. The molecule has 0 radical (unpaired) electrons. The third kappa shape index (κ3) is 2.94. The molecule has 0 spiro atoms. The Morgan fingerprint density at radius 3 is 2.81 bits per heavy atom. The first kappa shape index (κ1) is 12.3. The number of nitrogens with zero attached hydrogens (tertiary/aromatic N) is 1. The van der Waals surface area contributed by atoms with Crippen LogP contribution in [0.4, 0.5) is 0 Å². The van der Waals surface area contributed by atoms with E-state index in [9.17, 15) is 5.11 Å². The molecule has 94 valence electrons. The summed E-state index contributed by atoms with van der Waals surface area (Å²) < 4.78 is 5.40. The third-order valence-electron chi connectivity index (χ3n) is 3.89. The molecule has 2 heterocycles. The van der Waals surface area contributed by atoms with Crippen molar-refractivity contribution >= 4 is 0 Å². The molecule has 2 fully saturated rings. The summed E-state index contributed by atoms with van der Waals surface area (Å²) in [6.07, 6.45) is 3.40. The van der Waals surface area contributed by atoms with E-state index in [-0.39, 0.29) is 6.10 Å². The van der Waals surface area contributed by atoms with Crippen molar-refractivity contribution in [2.45, 2.75) is 37.9 Å². The second kappa shape index (κ2) is 5.45. The summed E-state index contributed by atoms with van der Waals surface area (Å²) in [5.41, 5.74) is -0.648. The van der Waals surface area contributed by atoms with Crippen LogP contribution < -0.4 is 5.32 Å². The summed E-state index contributed by atoms with van der Waals surface area (Å²) in [6, 6.07) is 0. The monoisotopic (exact) mass is 228 g/mol. The number of rotatable bonds is 5. The van der Waals surface area contributed by atoms with Crippen LogP contribution in [-0.4, -0.2) is 61.0 Å². The van der Waals surface area contributed by atoms with Gasteiger partial charge in [-0.1, -0.05) is 0 Å². The van der Waals surface area contributed by atoms with Gasteiger partial charge >= 0.3 is 0 Å². The summed E-state index contributed by atoms with van der Waals surface area (Å²) >= 11 is 0. The van der Waals surface area contributed by atoms with E-state index >= 15 is 0 Å². The summed E-state index contributed by atoms with van der Waals surface area (Å²) in [7, 11) is 0. The molecule has 4 heteroatoms. The molecule has 0 aromatic heterocycles. The molecule has 0 aromatic carbocycles. The van der Waals surface area contributed by atoms with Crippen LogP contribution >= 0.6 is 0 Å². The van der Waals surface area contributed by atoms with Crippen LogP contribution in [0.25, 0.3) is 0 Å². The lowest BCUT2D eigenvalue weighted by molar-refractivity contribution is -0.0261. The maximum Gasteiger partial charge on any atom is 0.105 e. The Kier molecular flexibility index (Phi) is 4.19. The van der Waals surface area contributed by atoms with E-state index in [1.54, 1.807) is 0 Å². The lowest BCUT2D eigenvalue weighted by Gasteiger charge is -2.26. The highest BCUT2D eigenvalue weighted by Crippen LogP contribution is 2.24. The minimum absolute atomic E-state index is 0.0354. The standard InChI is InChI=1S/C12H24N2O2/c1-11-12(15,4-9-16-11)10-13-5-8-14-6-2-3-7-14/h11,13,15H,2-10H2,1H3. The van der Waals surface area contributed by atoms with Crippen LogP contribution in [0.2, 0.25) is 0 Å². The molecular formula is C12H24N2O2. The van der Waals surface area contributed by atoms with E-state index in [1.807, 2.05) is 6.92 Å². The second-order valence-electron chi connectivity index (χ2n) is 5.09. The van der Waals surface area contributed by atoms with Gasteiger partial charge in [-0.05, 0) is 32.9 Å². The lowest BCUT2D eigenvalue weighted by Crippen LogP contribution is -2.47. The number of hydrogen-bond acceptors (Lipinski definition) is 4. The average Bonchev–Trinajstić information content (AvgIpc) is 2.86. The van der Waals surface area contributed by atoms with Gasteiger partial charge in [0.1, 0.15) is 5.60 Å². The Morgan fingerprint density at radius 1 is 1.44 bits per heavy atom. The number of nitrogens with one attached hydrogen (secondary N) is 1. The average molecular weight is 228 g/mol. The quantitative estimate of drug-likeness (QED) is 0.660. The van der Waals surface area contributed by atoms with Crippen LogP contribution in [0.1, 0.15) is 26.2 Å². The van der Waals surface area contributed by atoms with E-state index in [1.165, 1.54) is 25.9 Å². The Labute approximate surface area is 98.0 Å². The van der Waals surface area contributed by atoms with Crippen molar-refractivity contribution in [1.29, 1.82) is 0 Å². The fraction of sp³-hybridized carbons (Fsp3) is 1.00. The molecule has 2 rings (SSSR count). The van der Waals surface area contributed by atoms with Gasteiger partial charge in [-0.3, -0.25) is 0 Å². The summed E-state index contributed by atoms with van der Waals surface area (Å²) in [4.78, 5) is 2.48. The van der Waals surface area contributed by atoms with Gasteiger partial charge in [0.05, 0.1) is 6.10 Å². The molecule has 0 aliphatic carbocycles. The van der Waals surface area contributed by atoms with E-state index in [2.05, 4.69) is 10.2 Å². The molecule has 2 aliphatic rings. The van der Waals surface area contributed by atoms with Gasteiger partial charge in [0.2, 0.25) is 0 Å². The molecule has 0 bridgehead atoms. The van der Waals surface area contributed by atoms with E-state index < -0.39 is 5.60 Å². The Balaban J connectivity index is 1.60. The van der Waals surface area contributed by atoms with Gasteiger partial charge in [0.25, 0.3) is 0 Å². The Bertz CT molecular complexity index is 219. The predicted molar refractivity (Wildman–Crippen MR) is 63.5 cm³/mol. The van der Waals surface area contributed by atoms with Crippen LogP contribution in [0.5, 0.6) is 0 Å². The van der Waals surface area contributed by atoms with Crippen molar-refractivity contribution in [3.05, 3.63) is 0 Å². The first-order valence-electron chi connectivity index (χ1n) is 6.48. The van der Waals surface area contributed by atoms with E-state index in [0.29, 0.717) is 13.2 Å². The van der Waals surface area contributed by atoms with Crippen molar-refractivity contribution in [2.24, 2.45) is 0 Å². The van der Waals surface area contributed by atoms with Crippen molar-refractivity contribution in [2.75, 3.05) is 39.3 Å². The van der Waals surface area contributed by atoms with Crippen LogP contribution in [0.15, 0.2) is 0 Å². The largest absolute Gasteiger partial charge is 0.386 e. The first-order chi connectivity index (χ1) is 7.71. The number of likely N-dealkylation sites (tertiary alicyclic amines) is 1. The zero-order valence-corrected chi connectivity index (χ0v) is 10.2. The van der Waals surface area contributed by atoms with Gasteiger partial charge in [-0.2, -0.15) is 0 Å². The number of hydrogen-bond donors (Lipinski definition) is 2. The molecule has 2 N–H and O–H groups in total. The SMILES string of the molecule is CC1OCCC1(O)CNCCN1CCCC1. The second-order valence-corrected chi connectivity index (χ2v) is 5.09. The van der Waals surface area contributed by atoms with Crippen LogP contribution in [0, 0.1) is 0 Å². The fourth-order valence-electron chi connectivity index (χ4n) is 2.55. The third-order valence-corrected chi connectivity index (χ3v) is 3.89. The number of aliphatic hydroxyl groups is 1. The highest BCUT2D eigenvalue weighted by Gasteiger charge is 2.38. The van der Waals surface area contributed by atoms with Gasteiger partial charge in [-0.25, -0.2) is 0 Å². The molecule has 2 saturated heterocycles. The molecular weight excluding hydrogens is 204 g/mol. The zero-order valence-electron chi connectivity index (χ0n) is 10.2. The molecule has 2 aliphatic heterocycles. The topological polar surface area (TPSA) is 44.7 Å². The highest BCUT2D eigenvalue weighted by molar-refractivity contribution is 4.91. The van der Waals surface area contributed by atoms with Gasteiger partial charge in [0.15, 0.2) is 0 Å². The summed E-state index contributed by atoms with van der Waals surface area (Å²) in [6.45, 7) is 7.85. The molecule has 2 unspecified atom stereocenters. The van der Waals surface area contributed by atoms with Gasteiger partial charge in [-0.15, -0.1) is 0 Å². The summed E-state index contributed by atoms with van der Waals surface area (Å²) in [5, 5.41) is 13.6. The maximum atomic E-state index is 10.3. The van der Waals surface area contributed by atoms with E-state index in [4.69, 9.17) is 4.74 Å². The minimum Gasteiger partial charge on any atom is -0.386 e. The normalized spacial score (nSPS) is 36.0. The molecule has 2 atom stereocenters. The smallest absolute Gasteiger partial charge is 0.105 e. The minimum atomic E-state index is -0.648. The van der Waals surface area contributed by atoms with Crippen molar-refractivity contribution in [3.63, 3.8) is 0 Å². The van der Waals surface area contributed by atoms with Gasteiger partial charge in [0, 0.05) is 32.7 Å². The lowest BCUT2D eigenvalue weighted by atomic mass is 9.97. The van der Waals surface area contributed by atoms with Crippen molar-refractivity contribution in [1.82, 2.24) is 10.2 Å². The van der Waals surface area contributed by atoms with Crippen molar-refractivity contribution < 1.29 is 9.84 Å². The Morgan fingerprint density at radius 2 is 2.19 bits per heavy atom. The summed E-state index contributed by atoms with van der Waals surface area (Å²) in [5.74, 6) is 0.